The van der Waals surface area contributed by atoms with Crippen LogP contribution in [0.1, 0.15) is 39.0 Å². The molecule has 5 N–H and O–H groups in total. The average Bonchev–Trinajstić information content (AvgIpc) is 2.77. The Kier molecular flexibility index (Phi) is 6.27. The van der Waals surface area contributed by atoms with E-state index in [1.54, 1.807) is 0 Å². The molecule has 1 saturated carbocycles. The van der Waals surface area contributed by atoms with Gasteiger partial charge in [-0.05, 0) is 24.7 Å². The summed E-state index contributed by atoms with van der Waals surface area (Å²) in [6.07, 6.45) is 3.36. The first-order valence-electron chi connectivity index (χ1n) is 6.95. The third-order valence-electron chi connectivity index (χ3n) is 3.85. The summed E-state index contributed by atoms with van der Waals surface area (Å²) in [5.41, 5.74) is 4.97. The number of carbonyl (C=O) groups excluding carboxylic acids is 2. The maximum atomic E-state index is 11.7. The number of nitrogens with one attached hydrogen (secondary N) is 2. The van der Waals surface area contributed by atoms with Crippen molar-refractivity contribution in [2.75, 3.05) is 6.54 Å². The Labute approximate surface area is 118 Å². The summed E-state index contributed by atoms with van der Waals surface area (Å²) >= 11 is 0. The zero-order valence-corrected chi connectivity index (χ0v) is 11.7. The third kappa shape index (κ3) is 5.46. The van der Waals surface area contributed by atoms with Crippen LogP contribution in [0.25, 0.3) is 0 Å². The predicted molar refractivity (Wildman–Crippen MR) is 72.9 cm³/mol. The number of hydrogen-bond acceptors (Lipinski definition) is 3. The van der Waals surface area contributed by atoms with Gasteiger partial charge in [0, 0.05) is 13.0 Å². The van der Waals surface area contributed by atoms with Gasteiger partial charge in [-0.3, -0.25) is 4.79 Å². The molecule has 0 aromatic heterocycles. The van der Waals surface area contributed by atoms with Crippen molar-refractivity contribution in [3.8, 4) is 0 Å². The molecule has 1 fully saturated rings. The van der Waals surface area contributed by atoms with Gasteiger partial charge in [0.1, 0.15) is 6.04 Å². The highest BCUT2D eigenvalue weighted by molar-refractivity contribution is 5.83. The molecule has 0 heterocycles. The largest absolute Gasteiger partial charge is 0.480 e. The van der Waals surface area contributed by atoms with Gasteiger partial charge in [0.2, 0.25) is 5.91 Å². The summed E-state index contributed by atoms with van der Waals surface area (Å²) in [5.74, 6) is -0.719. The van der Waals surface area contributed by atoms with Gasteiger partial charge in [0.05, 0.1) is 0 Å². The number of carboxylic acids is 1. The van der Waals surface area contributed by atoms with E-state index in [4.69, 9.17) is 10.8 Å². The molecule has 0 bridgehead atoms. The Hall–Kier alpha value is -1.79. The summed E-state index contributed by atoms with van der Waals surface area (Å²) < 4.78 is 0. The fourth-order valence-electron chi connectivity index (χ4n) is 2.50. The summed E-state index contributed by atoms with van der Waals surface area (Å²) in [6.45, 7) is 2.71. The number of hydrogen-bond donors (Lipinski definition) is 4. The molecule has 3 atom stereocenters. The lowest BCUT2D eigenvalue weighted by atomic mass is 9.98. The van der Waals surface area contributed by atoms with Crippen LogP contribution in [0.15, 0.2) is 0 Å². The van der Waals surface area contributed by atoms with E-state index < -0.39 is 23.9 Å². The number of carbonyl (C=O) groups is 3. The Morgan fingerprint density at radius 2 is 2.05 bits per heavy atom. The second kappa shape index (κ2) is 7.72. The molecule has 0 radical (unpaired) electrons. The van der Waals surface area contributed by atoms with Crippen molar-refractivity contribution in [2.24, 2.45) is 17.6 Å². The summed E-state index contributed by atoms with van der Waals surface area (Å²) in [7, 11) is 0. The molecule has 3 amide bonds. The van der Waals surface area contributed by atoms with E-state index >= 15 is 0 Å². The van der Waals surface area contributed by atoms with Crippen LogP contribution >= 0.6 is 0 Å². The Bertz CT molecular complexity index is 373. The van der Waals surface area contributed by atoms with E-state index in [-0.39, 0.29) is 12.8 Å². The highest BCUT2D eigenvalue weighted by Gasteiger charge is 2.25. The molecule has 0 aliphatic heterocycles. The molecule has 20 heavy (non-hydrogen) atoms. The maximum Gasteiger partial charge on any atom is 0.326 e. The molecule has 1 aliphatic carbocycles. The fraction of sp³-hybridized carbons (Fsp3) is 0.769. The van der Waals surface area contributed by atoms with Gasteiger partial charge in [-0.2, -0.15) is 0 Å². The SMILES string of the molecule is CC1CCCC1CNC(=O)N[C@@H](CCC(N)=O)C(=O)O. The number of urea groups is 1. The standard InChI is InChI=1S/C13H23N3O4/c1-8-3-2-4-9(8)7-15-13(20)16-10(12(18)19)5-6-11(14)17/h8-10H,2-7H2,1H3,(H2,14,17)(H,18,19)(H2,15,16,20)/t8?,9?,10-/m0/s1. The smallest absolute Gasteiger partial charge is 0.326 e. The lowest BCUT2D eigenvalue weighted by Crippen LogP contribution is -2.47. The van der Waals surface area contributed by atoms with Crippen molar-refractivity contribution in [3.63, 3.8) is 0 Å². The Balaban J connectivity index is 2.33. The van der Waals surface area contributed by atoms with Crippen LogP contribution in [0.2, 0.25) is 0 Å². The molecule has 0 aromatic carbocycles. The molecule has 7 nitrogen and oxygen atoms in total. The average molecular weight is 285 g/mol. The molecule has 0 spiro atoms. The molecule has 114 valence electrons. The Morgan fingerprint density at radius 3 is 2.55 bits per heavy atom. The minimum atomic E-state index is -1.17. The number of aliphatic carboxylic acids is 1. The van der Waals surface area contributed by atoms with Crippen molar-refractivity contribution >= 4 is 17.9 Å². The maximum absolute atomic E-state index is 11.7. The zero-order chi connectivity index (χ0) is 15.1. The minimum Gasteiger partial charge on any atom is -0.480 e. The first-order valence-corrected chi connectivity index (χ1v) is 6.95. The van der Waals surface area contributed by atoms with Crippen LogP contribution in [-0.2, 0) is 9.59 Å². The molecule has 7 heteroatoms. The highest BCUT2D eigenvalue weighted by atomic mass is 16.4. The fourth-order valence-corrected chi connectivity index (χ4v) is 2.50. The highest BCUT2D eigenvalue weighted by Crippen LogP contribution is 2.30. The summed E-state index contributed by atoms with van der Waals surface area (Å²) in [5, 5.41) is 14.0. The zero-order valence-electron chi connectivity index (χ0n) is 11.7. The van der Waals surface area contributed by atoms with Crippen LogP contribution in [0, 0.1) is 11.8 Å². The topological polar surface area (TPSA) is 122 Å². The second-order valence-electron chi connectivity index (χ2n) is 5.42. The van der Waals surface area contributed by atoms with Crippen LogP contribution in [0.5, 0.6) is 0 Å². The normalized spacial score (nSPS) is 23.1. The van der Waals surface area contributed by atoms with Crippen molar-refractivity contribution < 1.29 is 19.5 Å². The van der Waals surface area contributed by atoms with Gasteiger partial charge in [0.15, 0.2) is 0 Å². The van der Waals surface area contributed by atoms with Crippen molar-refractivity contribution in [2.45, 2.75) is 45.1 Å². The first kappa shape index (κ1) is 16.3. The van der Waals surface area contributed by atoms with E-state index in [9.17, 15) is 14.4 Å². The number of amides is 3. The number of carboxylic acid groups (broad SMARTS) is 1. The van der Waals surface area contributed by atoms with E-state index in [2.05, 4.69) is 17.6 Å². The first-order chi connectivity index (χ1) is 9.40. The quantitative estimate of drug-likeness (QED) is 0.542. The van der Waals surface area contributed by atoms with Crippen molar-refractivity contribution in [3.05, 3.63) is 0 Å². The van der Waals surface area contributed by atoms with Crippen LogP contribution in [-0.4, -0.2) is 35.6 Å². The lowest BCUT2D eigenvalue weighted by molar-refractivity contribution is -0.139. The third-order valence-corrected chi connectivity index (χ3v) is 3.85. The van der Waals surface area contributed by atoms with Gasteiger partial charge >= 0.3 is 12.0 Å². The van der Waals surface area contributed by atoms with Crippen LogP contribution in [0.4, 0.5) is 4.79 Å². The van der Waals surface area contributed by atoms with Crippen LogP contribution < -0.4 is 16.4 Å². The predicted octanol–water partition coefficient (Wildman–Crippen LogP) is 0.441. The monoisotopic (exact) mass is 285 g/mol. The van der Waals surface area contributed by atoms with Gasteiger partial charge in [-0.1, -0.05) is 19.8 Å². The van der Waals surface area contributed by atoms with Crippen molar-refractivity contribution in [1.82, 2.24) is 10.6 Å². The van der Waals surface area contributed by atoms with E-state index in [1.165, 1.54) is 12.8 Å². The molecule has 0 saturated heterocycles. The van der Waals surface area contributed by atoms with Gasteiger partial charge in [-0.25, -0.2) is 9.59 Å². The Morgan fingerprint density at radius 1 is 1.35 bits per heavy atom. The molecular weight excluding hydrogens is 262 g/mol. The molecular formula is C13H23N3O4. The van der Waals surface area contributed by atoms with E-state index in [0.717, 1.165) is 6.42 Å². The lowest BCUT2D eigenvalue weighted by Gasteiger charge is -2.18. The number of rotatable bonds is 7. The molecule has 0 aromatic rings. The minimum absolute atomic E-state index is 0.00207. The summed E-state index contributed by atoms with van der Waals surface area (Å²) in [4.78, 5) is 33.3. The van der Waals surface area contributed by atoms with E-state index in [1.807, 2.05) is 0 Å². The number of nitrogens with two attached hydrogens (primary N) is 1. The number of primary amides is 1. The van der Waals surface area contributed by atoms with Crippen molar-refractivity contribution in [1.29, 1.82) is 0 Å². The summed E-state index contributed by atoms with van der Waals surface area (Å²) in [6, 6.07) is -1.61. The molecule has 1 rings (SSSR count). The van der Waals surface area contributed by atoms with Gasteiger partial charge in [0.25, 0.3) is 0 Å². The van der Waals surface area contributed by atoms with Gasteiger partial charge < -0.3 is 21.5 Å². The van der Waals surface area contributed by atoms with Gasteiger partial charge in [-0.15, -0.1) is 0 Å². The van der Waals surface area contributed by atoms with E-state index in [0.29, 0.717) is 18.4 Å². The molecule has 2 unspecified atom stereocenters. The molecule has 1 aliphatic rings. The van der Waals surface area contributed by atoms with Crippen LogP contribution in [0.3, 0.4) is 0 Å². The second-order valence-corrected chi connectivity index (χ2v) is 5.42.